The Hall–Kier alpha value is -1.58. The third-order valence-corrected chi connectivity index (χ3v) is 2.25. The summed E-state index contributed by atoms with van der Waals surface area (Å²) in [4.78, 5) is 10.9. The first-order valence-electron chi connectivity index (χ1n) is 5.27. The molecule has 0 bridgehead atoms. The maximum absolute atomic E-state index is 12.9. The molecular formula is C12H16FNO2. The molecule has 3 nitrogen and oxygen atoms in total. The molecule has 0 aliphatic heterocycles. The van der Waals surface area contributed by atoms with Gasteiger partial charge in [-0.1, -0.05) is 13.8 Å². The molecule has 1 aromatic rings. The van der Waals surface area contributed by atoms with Crippen LogP contribution in [0.15, 0.2) is 18.2 Å². The fourth-order valence-electron chi connectivity index (χ4n) is 1.34. The summed E-state index contributed by atoms with van der Waals surface area (Å²) in [5.41, 5.74) is 0.443. The van der Waals surface area contributed by atoms with E-state index in [0.29, 0.717) is 18.2 Å². The second kappa shape index (κ2) is 5.49. The van der Waals surface area contributed by atoms with E-state index in [9.17, 15) is 9.18 Å². The van der Waals surface area contributed by atoms with Gasteiger partial charge in [-0.25, -0.2) is 9.18 Å². The predicted octanol–water partition coefficient (Wildman–Crippen LogP) is 2.98. The lowest BCUT2D eigenvalue weighted by atomic mass is 10.1. The van der Waals surface area contributed by atoms with Crippen LogP contribution in [-0.2, 0) is 0 Å². The minimum atomic E-state index is -1.12. The van der Waals surface area contributed by atoms with Crippen LogP contribution >= 0.6 is 0 Å². The van der Waals surface area contributed by atoms with Gasteiger partial charge < -0.3 is 10.4 Å². The standard InChI is InChI=1S/C12H16FNO2/c1-8(2)5-6-14-11-4-3-9(13)7-10(11)12(15)16/h3-4,7-8,14H,5-6H2,1-2H3,(H,15,16). The predicted molar refractivity (Wildman–Crippen MR) is 61.3 cm³/mol. The normalized spacial score (nSPS) is 10.5. The summed E-state index contributed by atoms with van der Waals surface area (Å²) in [5.74, 6) is -1.11. The summed E-state index contributed by atoms with van der Waals surface area (Å²) in [7, 11) is 0. The number of halogens is 1. The van der Waals surface area contributed by atoms with Gasteiger partial charge in [-0.15, -0.1) is 0 Å². The maximum Gasteiger partial charge on any atom is 0.337 e. The Morgan fingerprint density at radius 1 is 1.50 bits per heavy atom. The van der Waals surface area contributed by atoms with Crippen LogP contribution in [-0.4, -0.2) is 17.6 Å². The van der Waals surface area contributed by atoms with Gasteiger partial charge >= 0.3 is 5.97 Å². The monoisotopic (exact) mass is 225 g/mol. The molecule has 0 aliphatic carbocycles. The summed E-state index contributed by atoms with van der Waals surface area (Å²) >= 11 is 0. The van der Waals surface area contributed by atoms with Crippen molar-refractivity contribution in [3.8, 4) is 0 Å². The molecule has 1 rings (SSSR count). The van der Waals surface area contributed by atoms with E-state index in [1.165, 1.54) is 12.1 Å². The molecule has 0 unspecified atom stereocenters. The van der Waals surface area contributed by atoms with Crippen LogP contribution in [0.25, 0.3) is 0 Å². The zero-order valence-electron chi connectivity index (χ0n) is 9.46. The highest BCUT2D eigenvalue weighted by Gasteiger charge is 2.10. The summed E-state index contributed by atoms with van der Waals surface area (Å²) < 4.78 is 12.9. The molecule has 1 aromatic carbocycles. The first-order chi connectivity index (χ1) is 7.50. The van der Waals surface area contributed by atoms with E-state index in [-0.39, 0.29) is 5.56 Å². The molecule has 4 heteroatoms. The van der Waals surface area contributed by atoms with Crippen LogP contribution in [0.5, 0.6) is 0 Å². The number of hydrogen-bond donors (Lipinski definition) is 2. The molecule has 0 fully saturated rings. The van der Waals surface area contributed by atoms with Crippen molar-refractivity contribution in [3.63, 3.8) is 0 Å². The van der Waals surface area contributed by atoms with Crippen molar-refractivity contribution in [2.24, 2.45) is 5.92 Å². The topological polar surface area (TPSA) is 49.3 Å². The Bertz CT molecular complexity index is 377. The summed E-state index contributed by atoms with van der Waals surface area (Å²) in [6, 6.07) is 3.74. The van der Waals surface area contributed by atoms with E-state index in [1.54, 1.807) is 0 Å². The largest absolute Gasteiger partial charge is 0.478 e. The fraction of sp³-hybridized carbons (Fsp3) is 0.417. The summed E-state index contributed by atoms with van der Waals surface area (Å²) in [5, 5.41) is 11.9. The van der Waals surface area contributed by atoms with Gasteiger partial charge in [-0.3, -0.25) is 0 Å². The summed E-state index contributed by atoms with van der Waals surface area (Å²) in [6.07, 6.45) is 0.941. The van der Waals surface area contributed by atoms with Crippen LogP contribution in [0.3, 0.4) is 0 Å². The molecular weight excluding hydrogens is 209 g/mol. The Balaban J connectivity index is 2.75. The molecule has 0 spiro atoms. The quantitative estimate of drug-likeness (QED) is 0.809. The lowest BCUT2D eigenvalue weighted by molar-refractivity contribution is 0.0697. The number of aromatic carboxylic acids is 1. The van der Waals surface area contributed by atoms with Crippen LogP contribution in [0.4, 0.5) is 10.1 Å². The number of carbonyl (C=O) groups is 1. The average Bonchev–Trinajstić information content (AvgIpc) is 2.19. The van der Waals surface area contributed by atoms with E-state index in [0.717, 1.165) is 12.5 Å². The smallest absolute Gasteiger partial charge is 0.337 e. The molecule has 0 aliphatic rings. The Labute approximate surface area is 94.3 Å². The second-order valence-corrected chi connectivity index (χ2v) is 4.10. The number of carboxylic acids is 1. The zero-order chi connectivity index (χ0) is 12.1. The molecule has 0 heterocycles. The minimum absolute atomic E-state index is 0.0243. The summed E-state index contributed by atoms with van der Waals surface area (Å²) in [6.45, 7) is 4.86. The third kappa shape index (κ3) is 3.53. The van der Waals surface area contributed by atoms with Gasteiger partial charge in [-0.05, 0) is 30.5 Å². The molecule has 16 heavy (non-hydrogen) atoms. The van der Waals surface area contributed by atoms with Crippen LogP contribution in [0, 0.1) is 11.7 Å². The lowest BCUT2D eigenvalue weighted by Gasteiger charge is -2.10. The molecule has 0 aromatic heterocycles. The van der Waals surface area contributed by atoms with Crippen LogP contribution in [0.2, 0.25) is 0 Å². The zero-order valence-corrected chi connectivity index (χ0v) is 9.46. The molecule has 0 saturated heterocycles. The number of carboxylic acid groups (broad SMARTS) is 1. The molecule has 0 radical (unpaired) electrons. The number of anilines is 1. The second-order valence-electron chi connectivity index (χ2n) is 4.10. The van der Waals surface area contributed by atoms with E-state index in [1.807, 2.05) is 0 Å². The molecule has 0 atom stereocenters. The molecule has 0 amide bonds. The molecule has 2 N–H and O–H groups in total. The van der Waals surface area contributed by atoms with E-state index >= 15 is 0 Å². The van der Waals surface area contributed by atoms with Gasteiger partial charge in [0.2, 0.25) is 0 Å². The maximum atomic E-state index is 12.9. The molecule has 88 valence electrons. The van der Waals surface area contributed by atoms with E-state index in [4.69, 9.17) is 5.11 Å². The first kappa shape index (κ1) is 12.5. The van der Waals surface area contributed by atoms with E-state index in [2.05, 4.69) is 19.2 Å². The van der Waals surface area contributed by atoms with Crippen molar-refractivity contribution in [2.75, 3.05) is 11.9 Å². The van der Waals surface area contributed by atoms with Crippen LogP contribution in [0.1, 0.15) is 30.6 Å². The average molecular weight is 225 g/mol. The number of hydrogen-bond acceptors (Lipinski definition) is 2. The van der Waals surface area contributed by atoms with Crippen molar-refractivity contribution in [3.05, 3.63) is 29.6 Å². The number of benzene rings is 1. The Morgan fingerprint density at radius 3 is 2.75 bits per heavy atom. The van der Waals surface area contributed by atoms with Crippen molar-refractivity contribution >= 4 is 11.7 Å². The van der Waals surface area contributed by atoms with Gasteiger partial charge in [0.1, 0.15) is 5.82 Å². The van der Waals surface area contributed by atoms with Crippen molar-refractivity contribution in [1.29, 1.82) is 0 Å². The minimum Gasteiger partial charge on any atom is -0.478 e. The Morgan fingerprint density at radius 2 is 2.19 bits per heavy atom. The van der Waals surface area contributed by atoms with Crippen LogP contribution < -0.4 is 5.32 Å². The highest BCUT2D eigenvalue weighted by Crippen LogP contribution is 2.17. The Kier molecular flexibility index (Phi) is 4.28. The van der Waals surface area contributed by atoms with Crippen molar-refractivity contribution < 1.29 is 14.3 Å². The van der Waals surface area contributed by atoms with Gasteiger partial charge in [0.25, 0.3) is 0 Å². The highest BCUT2D eigenvalue weighted by molar-refractivity contribution is 5.94. The number of rotatable bonds is 5. The third-order valence-electron chi connectivity index (χ3n) is 2.25. The fourth-order valence-corrected chi connectivity index (χ4v) is 1.34. The number of nitrogens with one attached hydrogen (secondary N) is 1. The highest BCUT2D eigenvalue weighted by atomic mass is 19.1. The van der Waals surface area contributed by atoms with Crippen molar-refractivity contribution in [1.82, 2.24) is 0 Å². The lowest BCUT2D eigenvalue weighted by Crippen LogP contribution is -2.09. The first-order valence-corrected chi connectivity index (χ1v) is 5.27. The van der Waals surface area contributed by atoms with E-state index < -0.39 is 11.8 Å². The van der Waals surface area contributed by atoms with Crippen molar-refractivity contribution in [2.45, 2.75) is 20.3 Å². The van der Waals surface area contributed by atoms with Gasteiger partial charge in [0, 0.05) is 12.2 Å². The van der Waals surface area contributed by atoms with Gasteiger partial charge in [0.15, 0.2) is 0 Å². The SMILES string of the molecule is CC(C)CCNc1ccc(F)cc1C(=O)O. The van der Waals surface area contributed by atoms with Gasteiger partial charge in [-0.2, -0.15) is 0 Å². The van der Waals surface area contributed by atoms with Gasteiger partial charge in [0.05, 0.1) is 5.56 Å². The molecule has 0 saturated carbocycles.